The molecule has 5 heteroatoms. The predicted octanol–water partition coefficient (Wildman–Crippen LogP) is 7.50. The molecule has 0 radical (unpaired) electrons. The molecule has 28 heavy (non-hydrogen) atoms. The van der Waals surface area contributed by atoms with Gasteiger partial charge in [-0.3, -0.25) is 0 Å². The van der Waals surface area contributed by atoms with Gasteiger partial charge in [0.1, 0.15) is 12.4 Å². The number of allylic oxidation sites excluding steroid dienone is 1. The SMILES string of the molecule is Cc1cccc(COc2c(I)cc(C=C(C#N)c3ccccc3Cl)cc2I)c1. The summed E-state index contributed by atoms with van der Waals surface area (Å²) in [5.74, 6) is 0.858. The Morgan fingerprint density at radius 1 is 1.07 bits per heavy atom. The van der Waals surface area contributed by atoms with Gasteiger partial charge in [0, 0.05) is 10.6 Å². The van der Waals surface area contributed by atoms with Gasteiger partial charge in [0.2, 0.25) is 0 Å². The van der Waals surface area contributed by atoms with Gasteiger partial charge in [-0.1, -0.05) is 59.6 Å². The molecule has 0 spiro atoms. The van der Waals surface area contributed by atoms with Gasteiger partial charge in [0.05, 0.1) is 18.8 Å². The molecule has 140 valence electrons. The topological polar surface area (TPSA) is 33.0 Å². The average molecular weight is 612 g/mol. The van der Waals surface area contributed by atoms with E-state index in [4.69, 9.17) is 16.3 Å². The van der Waals surface area contributed by atoms with Gasteiger partial charge < -0.3 is 4.74 Å². The first-order valence-corrected chi connectivity index (χ1v) is 11.1. The molecule has 0 aliphatic heterocycles. The molecule has 0 aliphatic carbocycles. The van der Waals surface area contributed by atoms with Crippen molar-refractivity contribution in [3.05, 3.63) is 95.1 Å². The van der Waals surface area contributed by atoms with Crippen LogP contribution in [0.5, 0.6) is 5.75 Å². The first-order valence-electron chi connectivity index (χ1n) is 8.52. The second-order valence-electron chi connectivity index (χ2n) is 6.24. The van der Waals surface area contributed by atoms with Crippen molar-refractivity contribution in [3.8, 4) is 11.8 Å². The molecule has 0 amide bonds. The highest BCUT2D eigenvalue weighted by molar-refractivity contribution is 14.1. The molecule has 3 rings (SSSR count). The van der Waals surface area contributed by atoms with E-state index in [0.29, 0.717) is 17.2 Å². The van der Waals surface area contributed by atoms with Crippen LogP contribution < -0.4 is 4.74 Å². The van der Waals surface area contributed by atoms with Crippen LogP contribution >= 0.6 is 56.8 Å². The van der Waals surface area contributed by atoms with Crippen LogP contribution in [0.3, 0.4) is 0 Å². The van der Waals surface area contributed by atoms with Gasteiger partial charge in [0.15, 0.2) is 0 Å². The fourth-order valence-corrected chi connectivity index (χ4v) is 5.14. The van der Waals surface area contributed by atoms with E-state index in [2.05, 4.69) is 76.4 Å². The standard InChI is InChI=1S/C23H16ClI2NO/c1-15-5-4-6-16(9-15)14-28-23-21(25)11-17(12-22(23)26)10-18(13-27)19-7-2-3-8-20(19)24/h2-12H,14H2,1H3. The van der Waals surface area contributed by atoms with E-state index < -0.39 is 0 Å². The van der Waals surface area contributed by atoms with Crippen LogP contribution in [0.15, 0.2) is 60.7 Å². The Morgan fingerprint density at radius 2 is 1.79 bits per heavy atom. The maximum absolute atomic E-state index is 9.59. The van der Waals surface area contributed by atoms with Crippen LogP contribution in [-0.2, 0) is 6.61 Å². The number of hydrogen-bond acceptors (Lipinski definition) is 2. The van der Waals surface area contributed by atoms with E-state index in [9.17, 15) is 5.26 Å². The zero-order valence-corrected chi connectivity index (χ0v) is 20.1. The average Bonchev–Trinajstić information content (AvgIpc) is 2.66. The molecule has 0 N–H and O–H groups in total. The highest BCUT2D eigenvalue weighted by Crippen LogP contribution is 2.32. The summed E-state index contributed by atoms with van der Waals surface area (Å²) in [7, 11) is 0. The highest BCUT2D eigenvalue weighted by atomic mass is 127. The second kappa shape index (κ2) is 9.77. The summed E-state index contributed by atoms with van der Waals surface area (Å²) in [6, 6.07) is 22.0. The minimum Gasteiger partial charge on any atom is -0.487 e. The Hall–Kier alpha value is -1.56. The number of nitrogens with zero attached hydrogens (tertiary/aromatic N) is 1. The third-order valence-electron chi connectivity index (χ3n) is 4.08. The summed E-state index contributed by atoms with van der Waals surface area (Å²) in [5.41, 5.74) is 4.56. The molecule has 0 bridgehead atoms. The van der Waals surface area contributed by atoms with Crippen molar-refractivity contribution >= 4 is 68.4 Å². The molecule has 3 aromatic rings. The molecule has 3 aromatic carbocycles. The van der Waals surface area contributed by atoms with Crippen LogP contribution in [0, 0.1) is 25.4 Å². The monoisotopic (exact) mass is 611 g/mol. The van der Waals surface area contributed by atoms with E-state index in [1.807, 2.05) is 42.5 Å². The van der Waals surface area contributed by atoms with E-state index >= 15 is 0 Å². The van der Waals surface area contributed by atoms with Crippen molar-refractivity contribution in [3.63, 3.8) is 0 Å². The lowest BCUT2D eigenvalue weighted by Crippen LogP contribution is -2.00. The lowest BCUT2D eigenvalue weighted by atomic mass is 10.0. The first-order chi connectivity index (χ1) is 13.5. The van der Waals surface area contributed by atoms with E-state index in [1.165, 1.54) is 5.56 Å². The Bertz CT molecular complexity index is 1060. The third-order valence-corrected chi connectivity index (χ3v) is 6.01. The molecular formula is C23H16ClI2NO. The zero-order valence-electron chi connectivity index (χ0n) is 15.0. The Balaban J connectivity index is 1.87. The second-order valence-corrected chi connectivity index (χ2v) is 8.97. The van der Waals surface area contributed by atoms with E-state index in [1.54, 1.807) is 6.07 Å². The Kier molecular flexibility index (Phi) is 7.38. The zero-order chi connectivity index (χ0) is 20.1. The van der Waals surface area contributed by atoms with Crippen molar-refractivity contribution in [2.45, 2.75) is 13.5 Å². The molecule has 0 aliphatic rings. The molecule has 0 unspecified atom stereocenters. The lowest BCUT2D eigenvalue weighted by molar-refractivity contribution is 0.301. The van der Waals surface area contributed by atoms with Crippen LogP contribution in [0.2, 0.25) is 5.02 Å². The summed E-state index contributed by atoms with van der Waals surface area (Å²) >= 11 is 10.8. The molecule has 0 saturated carbocycles. The maximum atomic E-state index is 9.59. The van der Waals surface area contributed by atoms with Gasteiger partial charge in [-0.15, -0.1) is 0 Å². The number of ether oxygens (including phenoxy) is 1. The number of halogens is 3. The van der Waals surface area contributed by atoms with E-state index in [0.717, 1.165) is 29.6 Å². The maximum Gasteiger partial charge on any atom is 0.146 e. The summed E-state index contributed by atoms with van der Waals surface area (Å²) < 4.78 is 8.08. The number of nitriles is 1. The van der Waals surface area contributed by atoms with Crippen molar-refractivity contribution in [2.75, 3.05) is 0 Å². The molecular weight excluding hydrogens is 596 g/mol. The number of rotatable bonds is 5. The number of aryl methyl sites for hydroxylation is 1. The quantitative estimate of drug-likeness (QED) is 0.170. The summed E-state index contributed by atoms with van der Waals surface area (Å²) in [6.07, 6.45) is 1.86. The van der Waals surface area contributed by atoms with Crippen LogP contribution in [0.25, 0.3) is 11.6 Å². The van der Waals surface area contributed by atoms with Gasteiger partial charge in [-0.2, -0.15) is 5.26 Å². The van der Waals surface area contributed by atoms with Crippen molar-refractivity contribution < 1.29 is 4.74 Å². The molecule has 2 nitrogen and oxygen atoms in total. The number of benzene rings is 3. The minimum atomic E-state index is 0.520. The molecule has 0 heterocycles. The largest absolute Gasteiger partial charge is 0.487 e. The van der Waals surface area contributed by atoms with Crippen molar-refractivity contribution in [1.82, 2.24) is 0 Å². The molecule has 0 saturated heterocycles. The van der Waals surface area contributed by atoms with Crippen molar-refractivity contribution in [2.24, 2.45) is 0 Å². The third kappa shape index (κ3) is 5.28. The summed E-state index contributed by atoms with van der Waals surface area (Å²) in [4.78, 5) is 0. The molecule has 0 atom stereocenters. The summed E-state index contributed by atoms with van der Waals surface area (Å²) in [6.45, 7) is 2.59. The van der Waals surface area contributed by atoms with Gasteiger partial charge in [0.25, 0.3) is 0 Å². The highest BCUT2D eigenvalue weighted by Gasteiger charge is 2.11. The normalized spacial score (nSPS) is 11.2. The van der Waals surface area contributed by atoms with Crippen molar-refractivity contribution in [1.29, 1.82) is 5.26 Å². The fraction of sp³-hybridized carbons (Fsp3) is 0.0870. The van der Waals surface area contributed by atoms with Gasteiger partial charge in [-0.05, 0) is 87.5 Å². The van der Waals surface area contributed by atoms with Gasteiger partial charge in [-0.25, -0.2) is 0 Å². The van der Waals surface area contributed by atoms with Crippen LogP contribution in [0.4, 0.5) is 0 Å². The smallest absolute Gasteiger partial charge is 0.146 e. The fourth-order valence-electron chi connectivity index (χ4n) is 2.77. The molecule has 0 aromatic heterocycles. The lowest BCUT2D eigenvalue weighted by Gasteiger charge is -2.12. The minimum absolute atomic E-state index is 0.520. The predicted molar refractivity (Wildman–Crippen MR) is 132 cm³/mol. The molecule has 0 fully saturated rings. The van der Waals surface area contributed by atoms with Crippen LogP contribution in [-0.4, -0.2) is 0 Å². The van der Waals surface area contributed by atoms with E-state index in [-0.39, 0.29) is 0 Å². The van der Waals surface area contributed by atoms with Gasteiger partial charge >= 0.3 is 0 Å². The summed E-state index contributed by atoms with van der Waals surface area (Å²) in [5, 5.41) is 10.2. The Morgan fingerprint density at radius 3 is 2.43 bits per heavy atom. The Labute approximate surface area is 197 Å². The number of hydrogen-bond donors (Lipinski definition) is 0. The van der Waals surface area contributed by atoms with Crippen LogP contribution in [0.1, 0.15) is 22.3 Å². The first kappa shape index (κ1) is 21.2.